The number of rotatable bonds is 4. The number of amides is 1. The van der Waals surface area contributed by atoms with Crippen LogP contribution in [0.25, 0.3) is 32.9 Å². The van der Waals surface area contributed by atoms with Crippen LogP contribution in [0.4, 0.5) is 5.69 Å². The van der Waals surface area contributed by atoms with Gasteiger partial charge in [0.1, 0.15) is 15.5 Å². The fourth-order valence-corrected chi connectivity index (χ4v) is 4.68. The molecule has 8 nitrogen and oxygen atoms in total. The molecule has 5 aromatic rings. The van der Waals surface area contributed by atoms with Gasteiger partial charge in [-0.15, -0.1) is 11.3 Å². The number of hydrogen-bond donors (Lipinski definition) is 1. The van der Waals surface area contributed by atoms with Crippen molar-refractivity contribution in [2.75, 3.05) is 5.32 Å². The summed E-state index contributed by atoms with van der Waals surface area (Å²) in [6.07, 6.45) is 1.43. The van der Waals surface area contributed by atoms with E-state index in [2.05, 4.69) is 10.3 Å². The Morgan fingerprint density at radius 2 is 1.56 bits per heavy atom. The number of aromatic nitrogens is 4. The molecule has 0 aliphatic rings. The molecule has 0 bridgehead atoms. The van der Waals surface area contributed by atoms with Crippen LogP contribution in [0, 0.1) is 0 Å². The van der Waals surface area contributed by atoms with Gasteiger partial charge in [0.2, 0.25) is 0 Å². The maximum absolute atomic E-state index is 13.4. The lowest BCUT2D eigenvalue weighted by atomic mass is 10.1. The average Bonchev–Trinajstić information content (AvgIpc) is 3.33. The zero-order valence-corrected chi connectivity index (χ0v) is 19.2. The van der Waals surface area contributed by atoms with Gasteiger partial charge in [-0.2, -0.15) is 0 Å². The molecule has 0 spiro atoms. The summed E-state index contributed by atoms with van der Waals surface area (Å²) in [5.74, 6) is -0.360. The monoisotopic (exact) mass is 469 g/mol. The van der Waals surface area contributed by atoms with Crippen LogP contribution >= 0.6 is 11.3 Å². The average molecular weight is 470 g/mol. The van der Waals surface area contributed by atoms with Gasteiger partial charge in [-0.1, -0.05) is 60.7 Å². The minimum absolute atomic E-state index is 0.236. The highest BCUT2D eigenvalue weighted by atomic mass is 32.1. The van der Waals surface area contributed by atoms with Gasteiger partial charge in [0.05, 0.1) is 23.0 Å². The Morgan fingerprint density at radius 3 is 2.24 bits per heavy atom. The summed E-state index contributed by atoms with van der Waals surface area (Å²) in [4.78, 5) is 47.6. The molecular formula is C25H19N5O3S. The van der Waals surface area contributed by atoms with Crippen molar-refractivity contribution < 1.29 is 4.79 Å². The zero-order chi connectivity index (χ0) is 23.8. The van der Waals surface area contributed by atoms with Gasteiger partial charge in [-0.05, 0) is 6.07 Å². The standard InChI is InChI=1S/C25H19N5O3S/c1-29-21-18(24(32)30(2)25(29)33)13-17(14-26-21)27-22(31)20-19(15-9-5-3-6-10-15)28-23(34-20)16-11-7-4-8-12-16/h3-14H,1-2H3,(H,27,31). The summed E-state index contributed by atoms with van der Waals surface area (Å²) in [5, 5.41) is 3.80. The summed E-state index contributed by atoms with van der Waals surface area (Å²) in [6, 6.07) is 20.7. The van der Waals surface area contributed by atoms with E-state index in [-0.39, 0.29) is 16.9 Å². The van der Waals surface area contributed by atoms with Gasteiger partial charge >= 0.3 is 5.69 Å². The first-order chi connectivity index (χ1) is 16.4. The quantitative estimate of drug-likeness (QED) is 0.433. The number of pyridine rings is 1. The molecule has 1 N–H and O–H groups in total. The molecule has 0 radical (unpaired) electrons. The number of benzene rings is 2. The molecule has 3 aromatic heterocycles. The van der Waals surface area contributed by atoms with Crippen LogP contribution in [-0.4, -0.2) is 25.0 Å². The second-order valence-electron chi connectivity index (χ2n) is 7.68. The highest BCUT2D eigenvalue weighted by Crippen LogP contribution is 2.34. The Hall–Kier alpha value is -4.37. The Balaban J connectivity index is 1.57. The van der Waals surface area contributed by atoms with Crippen LogP contribution in [0.2, 0.25) is 0 Å². The molecule has 0 atom stereocenters. The molecule has 0 saturated carbocycles. The molecule has 0 saturated heterocycles. The van der Waals surface area contributed by atoms with Crippen molar-refractivity contribution in [3.05, 3.63) is 98.6 Å². The molecule has 3 heterocycles. The van der Waals surface area contributed by atoms with E-state index in [1.807, 2.05) is 60.7 Å². The number of fused-ring (bicyclic) bond motifs is 1. The summed E-state index contributed by atoms with van der Waals surface area (Å²) >= 11 is 1.29. The summed E-state index contributed by atoms with van der Waals surface area (Å²) in [5.41, 5.74) is 1.98. The van der Waals surface area contributed by atoms with Gasteiger partial charge in [-0.3, -0.25) is 18.7 Å². The predicted octanol–water partition coefficient (Wildman–Crippen LogP) is 3.68. The number of carbonyl (C=O) groups excluding carboxylic acids is 1. The van der Waals surface area contributed by atoms with Crippen molar-refractivity contribution in [2.24, 2.45) is 14.1 Å². The van der Waals surface area contributed by atoms with Crippen LogP contribution in [0.3, 0.4) is 0 Å². The Labute approximate surface area is 197 Å². The van der Waals surface area contributed by atoms with Crippen LogP contribution in [0.15, 0.2) is 82.5 Å². The molecule has 0 unspecified atom stereocenters. The van der Waals surface area contributed by atoms with E-state index >= 15 is 0 Å². The van der Waals surface area contributed by atoms with Crippen molar-refractivity contribution in [2.45, 2.75) is 0 Å². The third-order valence-corrected chi connectivity index (χ3v) is 6.56. The molecule has 5 rings (SSSR count). The lowest BCUT2D eigenvalue weighted by molar-refractivity contribution is 0.103. The molecule has 2 aromatic carbocycles. The van der Waals surface area contributed by atoms with Crippen LogP contribution < -0.4 is 16.6 Å². The van der Waals surface area contributed by atoms with Gasteiger partial charge in [0.25, 0.3) is 11.5 Å². The van der Waals surface area contributed by atoms with E-state index in [0.717, 1.165) is 20.7 Å². The first-order valence-electron chi connectivity index (χ1n) is 10.4. The van der Waals surface area contributed by atoms with Crippen molar-refractivity contribution >= 4 is 34.0 Å². The minimum Gasteiger partial charge on any atom is -0.320 e. The number of thiazole rings is 1. The van der Waals surface area contributed by atoms with Crippen molar-refractivity contribution in [3.63, 3.8) is 0 Å². The van der Waals surface area contributed by atoms with Gasteiger partial charge in [0, 0.05) is 25.2 Å². The number of anilines is 1. The van der Waals surface area contributed by atoms with E-state index in [1.165, 1.54) is 35.2 Å². The number of nitrogens with zero attached hydrogens (tertiary/aromatic N) is 4. The Kier molecular flexibility index (Phi) is 5.39. The topological polar surface area (TPSA) is 98.9 Å². The number of hydrogen-bond acceptors (Lipinski definition) is 6. The molecule has 0 fully saturated rings. The van der Waals surface area contributed by atoms with Gasteiger partial charge in [-0.25, -0.2) is 14.8 Å². The van der Waals surface area contributed by atoms with E-state index in [1.54, 1.807) is 7.05 Å². The molecule has 168 valence electrons. The van der Waals surface area contributed by atoms with Crippen LogP contribution in [-0.2, 0) is 14.1 Å². The molecule has 34 heavy (non-hydrogen) atoms. The van der Waals surface area contributed by atoms with Gasteiger partial charge in [0.15, 0.2) is 0 Å². The highest BCUT2D eigenvalue weighted by molar-refractivity contribution is 7.17. The number of aryl methyl sites for hydroxylation is 1. The Bertz CT molecular complexity index is 1650. The highest BCUT2D eigenvalue weighted by Gasteiger charge is 2.21. The second-order valence-corrected chi connectivity index (χ2v) is 8.68. The SMILES string of the molecule is Cn1c(=O)c2cc(NC(=O)c3sc(-c4ccccc4)nc3-c3ccccc3)cnc2n(C)c1=O. The molecule has 0 aliphatic carbocycles. The van der Waals surface area contributed by atoms with Crippen molar-refractivity contribution in [1.82, 2.24) is 19.1 Å². The normalized spacial score (nSPS) is 11.0. The minimum atomic E-state index is -0.476. The van der Waals surface area contributed by atoms with Crippen LogP contribution in [0.1, 0.15) is 9.67 Å². The fraction of sp³-hybridized carbons (Fsp3) is 0.0800. The first kappa shape index (κ1) is 21.5. The van der Waals surface area contributed by atoms with E-state index in [4.69, 9.17) is 4.98 Å². The summed E-state index contributed by atoms with van der Waals surface area (Å²) in [7, 11) is 2.95. The zero-order valence-electron chi connectivity index (χ0n) is 18.4. The summed E-state index contributed by atoms with van der Waals surface area (Å²) in [6.45, 7) is 0. The van der Waals surface area contributed by atoms with E-state index in [9.17, 15) is 14.4 Å². The molecule has 1 amide bonds. The van der Waals surface area contributed by atoms with Crippen molar-refractivity contribution in [1.29, 1.82) is 0 Å². The number of carbonyl (C=O) groups is 1. The smallest absolute Gasteiger partial charge is 0.320 e. The van der Waals surface area contributed by atoms with Crippen molar-refractivity contribution in [3.8, 4) is 21.8 Å². The predicted molar refractivity (Wildman–Crippen MR) is 133 cm³/mol. The second kappa shape index (κ2) is 8.53. The van der Waals surface area contributed by atoms with E-state index < -0.39 is 11.2 Å². The maximum atomic E-state index is 13.4. The summed E-state index contributed by atoms with van der Waals surface area (Å²) < 4.78 is 2.31. The number of nitrogens with one attached hydrogen (secondary N) is 1. The van der Waals surface area contributed by atoms with Gasteiger partial charge < -0.3 is 5.32 Å². The first-order valence-corrected chi connectivity index (χ1v) is 11.2. The molecular weight excluding hydrogens is 450 g/mol. The Morgan fingerprint density at radius 1 is 0.912 bits per heavy atom. The maximum Gasteiger partial charge on any atom is 0.332 e. The lowest BCUT2D eigenvalue weighted by Gasteiger charge is -2.09. The van der Waals surface area contributed by atoms with E-state index in [0.29, 0.717) is 16.3 Å². The third kappa shape index (κ3) is 3.71. The lowest BCUT2D eigenvalue weighted by Crippen LogP contribution is -2.37. The largest absolute Gasteiger partial charge is 0.332 e. The van der Waals surface area contributed by atoms with Crippen LogP contribution in [0.5, 0.6) is 0 Å². The fourth-order valence-electron chi connectivity index (χ4n) is 3.69. The molecule has 9 heteroatoms. The third-order valence-electron chi connectivity index (χ3n) is 5.45. The molecule has 0 aliphatic heterocycles.